The molecule has 0 radical (unpaired) electrons. The second-order valence-corrected chi connectivity index (χ2v) is 9.33. The number of phenolic OH excluding ortho intramolecular Hbond substituents is 1. The lowest BCUT2D eigenvalue weighted by molar-refractivity contribution is -0.512. The van der Waals surface area contributed by atoms with Crippen LogP contribution < -0.4 is 10.1 Å². The Kier molecular flexibility index (Phi) is 4.69. The maximum Gasteiger partial charge on any atom is 0.288 e. The van der Waals surface area contributed by atoms with Crippen LogP contribution in [0.5, 0.6) is 5.75 Å². The van der Waals surface area contributed by atoms with Crippen molar-refractivity contribution in [2.45, 2.75) is 58.9 Å². The number of nitrogen functional groups attached to an aromatic ring is 1. The number of rotatable bonds is 3. The number of phenols is 1. The molecule has 0 spiro atoms. The minimum Gasteiger partial charge on any atom is -0.507 e. The molecular weight excluding hydrogens is 352 g/mol. The lowest BCUT2D eigenvalue weighted by atomic mass is 9.78. The van der Waals surface area contributed by atoms with E-state index in [0.717, 1.165) is 11.1 Å². The van der Waals surface area contributed by atoms with Gasteiger partial charge in [-0.15, -0.1) is 0 Å². The zero-order chi connectivity index (χ0) is 20.9. The van der Waals surface area contributed by atoms with Gasteiger partial charge in [0, 0.05) is 21.8 Å². The summed E-state index contributed by atoms with van der Waals surface area (Å²) in [5.41, 5.74) is 8.83. The number of hydrogen-bond acceptors (Lipinski definition) is 4. The molecular formula is C22H29N4O2+. The molecule has 0 aliphatic rings. The molecule has 3 N–H and O–H groups in total. The van der Waals surface area contributed by atoms with E-state index in [4.69, 9.17) is 5.73 Å². The minimum atomic E-state index is -0.293. The molecule has 0 amide bonds. The zero-order valence-electron chi connectivity index (χ0n) is 17.4. The van der Waals surface area contributed by atoms with E-state index in [0.29, 0.717) is 16.9 Å². The number of nitrogens with two attached hydrogens (primary N) is 1. The van der Waals surface area contributed by atoms with Crippen LogP contribution in [-0.2, 0) is 17.4 Å². The van der Waals surface area contributed by atoms with Crippen molar-refractivity contribution in [1.82, 2.24) is 9.78 Å². The molecule has 0 saturated carbocycles. The van der Waals surface area contributed by atoms with Crippen molar-refractivity contribution in [1.29, 1.82) is 0 Å². The molecule has 148 valence electrons. The van der Waals surface area contributed by atoms with Crippen molar-refractivity contribution in [3.63, 3.8) is 0 Å². The Hall–Kier alpha value is -2.89. The number of Topliss-reactive ketones (excluding diaryl/α,β-unsaturated/α-hetero) is 1. The van der Waals surface area contributed by atoms with Crippen LogP contribution in [0.2, 0.25) is 0 Å². The lowest BCUT2D eigenvalue weighted by Gasteiger charge is -2.28. The summed E-state index contributed by atoms with van der Waals surface area (Å²) in [6.07, 6.45) is 3.48. The zero-order valence-corrected chi connectivity index (χ0v) is 17.4. The molecule has 0 unspecified atom stereocenters. The molecule has 0 atom stereocenters. The maximum atomic E-state index is 13.1. The normalized spacial score (nSPS) is 12.5. The van der Waals surface area contributed by atoms with Crippen molar-refractivity contribution < 1.29 is 14.3 Å². The summed E-state index contributed by atoms with van der Waals surface area (Å²) in [7, 11) is 0. The number of aromatic hydroxyl groups is 1. The second-order valence-electron chi connectivity index (χ2n) is 9.33. The number of pyridine rings is 1. The number of carbonyl (C=O) groups is 1. The second kappa shape index (κ2) is 6.62. The van der Waals surface area contributed by atoms with E-state index in [1.54, 1.807) is 33.6 Å². The number of carbonyl (C=O) groups excluding carboxylic acids is 1. The third-order valence-corrected chi connectivity index (χ3v) is 4.93. The van der Waals surface area contributed by atoms with Crippen LogP contribution in [0.25, 0.3) is 5.65 Å². The van der Waals surface area contributed by atoms with Crippen molar-refractivity contribution in [2.75, 3.05) is 5.73 Å². The van der Waals surface area contributed by atoms with Crippen molar-refractivity contribution in [3.05, 3.63) is 53.5 Å². The summed E-state index contributed by atoms with van der Waals surface area (Å²) in [5.74, 6) is 0.186. The van der Waals surface area contributed by atoms with Gasteiger partial charge < -0.3 is 10.8 Å². The molecule has 0 fully saturated rings. The maximum absolute atomic E-state index is 13.1. The first-order valence-corrected chi connectivity index (χ1v) is 9.42. The summed E-state index contributed by atoms with van der Waals surface area (Å²) in [4.78, 5) is 13.1. The molecule has 28 heavy (non-hydrogen) atoms. The van der Waals surface area contributed by atoms with E-state index < -0.39 is 0 Å². The fourth-order valence-corrected chi connectivity index (χ4v) is 3.36. The van der Waals surface area contributed by atoms with Gasteiger partial charge >= 0.3 is 0 Å². The first kappa shape index (κ1) is 19.9. The number of fused-ring (bicyclic) bond motifs is 1. The molecule has 1 aromatic carbocycles. The number of nitrogens with zero attached hydrogens (tertiary/aromatic N) is 3. The van der Waals surface area contributed by atoms with Crippen molar-refractivity contribution >= 4 is 17.1 Å². The first-order valence-electron chi connectivity index (χ1n) is 9.42. The molecule has 6 heteroatoms. The lowest BCUT2D eigenvalue weighted by Crippen LogP contribution is -2.22. The average Bonchev–Trinajstić information content (AvgIpc) is 2.97. The molecule has 6 nitrogen and oxygen atoms in total. The minimum absolute atomic E-state index is 0.0721. The summed E-state index contributed by atoms with van der Waals surface area (Å²) in [5, 5.41) is 15.2. The number of aromatic nitrogens is 3. The largest absolute Gasteiger partial charge is 0.507 e. The van der Waals surface area contributed by atoms with Crippen LogP contribution in [0, 0.1) is 0 Å². The predicted octanol–water partition coefficient (Wildman–Crippen LogP) is 3.39. The van der Waals surface area contributed by atoms with Gasteiger partial charge in [0.2, 0.25) is 0 Å². The van der Waals surface area contributed by atoms with Crippen LogP contribution in [0.15, 0.2) is 36.8 Å². The Bertz CT molecular complexity index is 1020. The number of anilines is 1. The molecule has 3 rings (SSSR count). The number of hydrogen-bond donors (Lipinski definition) is 2. The number of benzene rings is 1. The van der Waals surface area contributed by atoms with E-state index in [1.165, 1.54) is 0 Å². The van der Waals surface area contributed by atoms with Crippen LogP contribution in [0.1, 0.15) is 63.0 Å². The van der Waals surface area contributed by atoms with Crippen LogP contribution in [0.3, 0.4) is 0 Å². The summed E-state index contributed by atoms with van der Waals surface area (Å²) < 4.78 is 3.40. The molecule has 0 bridgehead atoms. The molecule has 0 aliphatic carbocycles. The molecule has 2 aromatic heterocycles. The summed E-state index contributed by atoms with van der Waals surface area (Å²) in [6, 6.07) is 7.22. The average molecular weight is 382 g/mol. The van der Waals surface area contributed by atoms with E-state index in [2.05, 4.69) is 5.10 Å². The standard InChI is InChI=1S/C22H28N4O2/c1-21(2,3)15-10-14(11-16(19(15)28)22(4,5)6)18(27)12-26-20-17(23)8-7-9-25(20)13-24-26/h7-11,13H,12,23H2,1-6H3/p+1. The highest BCUT2D eigenvalue weighted by Gasteiger charge is 2.28. The van der Waals surface area contributed by atoms with E-state index >= 15 is 0 Å². The summed E-state index contributed by atoms with van der Waals surface area (Å²) >= 11 is 0. The molecule has 0 aliphatic heterocycles. The SMILES string of the molecule is CC(C)(C)c1cc(C(=O)Cn2nc[n+]3cccc(N)c23)cc(C(C)(C)C)c1O. The third-order valence-electron chi connectivity index (χ3n) is 4.93. The summed E-state index contributed by atoms with van der Waals surface area (Å²) in [6.45, 7) is 12.2. The van der Waals surface area contributed by atoms with Crippen LogP contribution in [-0.4, -0.2) is 20.7 Å². The highest BCUT2D eigenvalue weighted by atomic mass is 16.3. The quantitative estimate of drug-likeness (QED) is 0.538. The van der Waals surface area contributed by atoms with Crippen LogP contribution >= 0.6 is 0 Å². The molecule has 3 aromatic rings. The highest BCUT2D eigenvalue weighted by molar-refractivity contribution is 5.97. The molecule has 0 saturated heterocycles. The molecule has 2 heterocycles. The Labute approximate surface area is 165 Å². The Morgan fingerprint density at radius 1 is 1.14 bits per heavy atom. The topological polar surface area (TPSA) is 85.2 Å². The van der Waals surface area contributed by atoms with Gasteiger partial charge in [0.05, 0.1) is 6.20 Å². The fraction of sp³-hybridized carbons (Fsp3) is 0.409. The first-order chi connectivity index (χ1) is 12.9. The van der Waals surface area contributed by atoms with Crippen molar-refractivity contribution in [3.8, 4) is 5.75 Å². The van der Waals surface area contributed by atoms with Gasteiger partial charge in [-0.25, -0.2) is 4.40 Å². The Morgan fingerprint density at radius 2 is 1.71 bits per heavy atom. The number of ketones is 1. The van der Waals surface area contributed by atoms with Gasteiger partial charge in [-0.1, -0.05) is 46.2 Å². The van der Waals surface area contributed by atoms with E-state index in [-0.39, 0.29) is 28.9 Å². The fourth-order valence-electron chi connectivity index (χ4n) is 3.36. The van der Waals surface area contributed by atoms with Gasteiger partial charge in [-0.05, 0) is 35.1 Å². The predicted molar refractivity (Wildman–Crippen MR) is 110 cm³/mol. The Balaban J connectivity index is 2.08. The van der Waals surface area contributed by atoms with Gasteiger partial charge in [-0.2, -0.15) is 0 Å². The van der Waals surface area contributed by atoms with E-state index in [1.807, 2.05) is 53.8 Å². The highest BCUT2D eigenvalue weighted by Crippen LogP contribution is 2.39. The van der Waals surface area contributed by atoms with Gasteiger partial charge in [0.25, 0.3) is 12.0 Å². The van der Waals surface area contributed by atoms with Gasteiger partial charge in [-0.3, -0.25) is 4.79 Å². The van der Waals surface area contributed by atoms with Gasteiger partial charge in [0.15, 0.2) is 12.3 Å². The third kappa shape index (κ3) is 3.59. The monoisotopic (exact) mass is 381 g/mol. The van der Waals surface area contributed by atoms with E-state index in [9.17, 15) is 9.90 Å². The van der Waals surface area contributed by atoms with Gasteiger partial charge in [0.1, 0.15) is 11.4 Å². The van der Waals surface area contributed by atoms with Crippen molar-refractivity contribution in [2.24, 2.45) is 0 Å². The Morgan fingerprint density at radius 3 is 2.25 bits per heavy atom. The smallest absolute Gasteiger partial charge is 0.288 e. The van der Waals surface area contributed by atoms with Crippen LogP contribution in [0.4, 0.5) is 5.69 Å².